The fourth-order valence-electron chi connectivity index (χ4n) is 2.47. The maximum Gasteiger partial charge on any atom is 0.146 e. The SMILES string of the molecule is CCc1cccc(OC)c1-c1ccccc1COCOC. The molecule has 0 bridgehead atoms. The van der Waals surface area contributed by atoms with E-state index in [2.05, 4.69) is 25.1 Å². The van der Waals surface area contributed by atoms with Crippen LogP contribution in [0.3, 0.4) is 0 Å². The van der Waals surface area contributed by atoms with E-state index in [1.807, 2.05) is 24.3 Å². The Balaban J connectivity index is 2.46. The van der Waals surface area contributed by atoms with Crippen molar-refractivity contribution in [2.75, 3.05) is 21.0 Å². The van der Waals surface area contributed by atoms with Crippen LogP contribution in [0.1, 0.15) is 18.1 Å². The van der Waals surface area contributed by atoms with E-state index in [1.165, 1.54) is 5.56 Å². The van der Waals surface area contributed by atoms with Crippen molar-refractivity contribution >= 4 is 0 Å². The summed E-state index contributed by atoms with van der Waals surface area (Å²) < 4.78 is 16.0. The molecule has 0 aliphatic carbocycles. The van der Waals surface area contributed by atoms with Gasteiger partial charge in [-0.05, 0) is 29.2 Å². The molecule has 0 saturated heterocycles. The number of ether oxygens (including phenoxy) is 3. The van der Waals surface area contributed by atoms with Crippen LogP contribution in [-0.2, 0) is 22.5 Å². The summed E-state index contributed by atoms with van der Waals surface area (Å²) in [4.78, 5) is 0. The molecule has 0 atom stereocenters. The van der Waals surface area contributed by atoms with Gasteiger partial charge >= 0.3 is 0 Å². The standard InChI is InChI=1S/C18H22O3/c1-4-14-9-7-11-17(20-3)18(14)16-10-6-5-8-15(16)12-21-13-19-2/h5-11H,4,12-13H2,1-3H3. The van der Waals surface area contributed by atoms with E-state index in [-0.39, 0.29) is 0 Å². The maximum atomic E-state index is 5.56. The van der Waals surface area contributed by atoms with Gasteiger partial charge in [-0.15, -0.1) is 0 Å². The minimum Gasteiger partial charge on any atom is -0.496 e. The van der Waals surface area contributed by atoms with Gasteiger partial charge in [0.1, 0.15) is 12.5 Å². The predicted molar refractivity (Wildman–Crippen MR) is 84.5 cm³/mol. The van der Waals surface area contributed by atoms with Crippen LogP contribution in [0, 0.1) is 0 Å². The van der Waals surface area contributed by atoms with Crippen molar-refractivity contribution in [2.24, 2.45) is 0 Å². The van der Waals surface area contributed by atoms with Gasteiger partial charge in [0.2, 0.25) is 0 Å². The number of benzene rings is 2. The third-order valence-corrected chi connectivity index (χ3v) is 3.46. The molecule has 3 heteroatoms. The average Bonchev–Trinajstić information content (AvgIpc) is 2.54. The minimum atomic E-state index is 0.293. The first kappa shape index (κ1) is 15.5. The fraction of sp³-hybridized carbons (Fsp3) is 0.333. The minimum absolute atomic E-state index is 0.293. The first-order valence-electron chi connectivity index (χ1n) is 7.12. The zero-order valence-corrected chi connectivity index (χ0v) is 12.9. The lowest BCUT2D eigenvalue weighted by atomic mass is 9.93. The molecule has 21 heavy (non-hydrogen) atoms. The summed E-state index contributed by atoms with van der Waals surface area (Å²) in [5.41, 5.74) is 4.71. The molecule has 2 aromatic rings. The molecule has 0 heterocycles. The summed E-state index contributed by atoms with van der Waals surface area (Å²) in [6.45, 7) is 2.97. The molecular formula is C18H22O3. The van der Waals surface area contributed by atoms with Crippen molar-refractivity contribution in [3.8, 4) is 16.9 Å². The molecule has 2 aromatic carbocycles. The summed E-state index contributed by atoms with van der Waals surface area (Å²) >= 11 is 0. The molecule has 0 radical (unpaired) electrons. The van der Waals surface area contributed by atoms with Crippen LogP contribution in [0.2, 0.25) is 0 Å². The van der Waals surface area contributed by atoms with Crippen LogP contribution in [0.4, 0.5) is 0 Å². The van der Waals surface area contributed by atoms with Gasteiger partial charge in [-0.3, -0.25) is 0 Å². The Morgan fingerprint density at radius 3 is 2.38 bits per heavy atom. The molecule has 3 nitrogen and oxygen atoms in total. The van der Waals surface area contributed by atoms with Crippen molar-refractivity contribution in [2.45, 2.75) is 20.0 Å². The molecule has 0 spiro atoms. The smallest absolute Gasteiger partial charge is 0.146 e. The van der Waals surface area contributed by atoms with Crippen LogP contribution in [0.5, 0.6) is 5.75 Å². The normalized spacial score (nSPS) is 10.6. The summed E-state index contributed by atoms with van der Waals surface area (Å²) in [7, 11) is 3.34. The van der Waals surface area contributed by atoms with E-state index < -0.39 is 0 Å². The summed E-state index contributed by atoms with van der Waals surface area (Å²) in [5.74, 6) is 0.897. The monoisotopic (exact) mass is 286 g/mol. The molecule has 0 fully saturated rings. The number of methoxy groups -OCH3 is 2. The van der Waals surface area contributed by atoms with Crippen LogP contribution in [0.15, 0.2) is 42.5 Å². The molecule has 2 rings (SSSR count). The van der Waals surface area contributed by atoms with Crippen molar-refractivity contribution in [3.63, 3.8) is 0 Å². The molecule has 0 unspecified atom stereocenters. The van der Waals surface area contributed by atoms with Gasteiger partial charge in [0.15, 0.2) is 0 Å². The molecule has 112 valence electrons. The third-order valence-electron chi connectivity index (χ3n) is 3.46. The largest absolute Gasteiger partial charge is 0.496 e. The Labute approximate surface area is 126 Å². The van der Waals surface area contributed by atoms with Gasteiger partial charge in [-0.2, -0.15) is 0 Å². The molecule has 0 aliphatic rings. The van der Waals surface area contributed by atoms with Gasteiger partial charge in [0, 0.05) is 12.7 Å². The molecule has 0 N–H and O–H groups in total. The van der Waals surface area contributed by atoms with E-state index in [0.29, 0.717) is 13.4 Å². The number of hydrogen-bond donors (Lipinski definition) is 0. The highest BCUT2D eigenvalue weighted by Gasteiger charge is 2.13. The fourth-order valence-corrected chi connectivity index (χ4v) is 2.47. The van der Waals surface area contributed by atoms with E-state index in [0.717, 1.165) is 28.9 Å². The molecule has 0 saturated carbocycles. The van der Waals surface area contributed by atoms with E-state index in [9.17, 15) is 0 Å². The Morgan fingerprint density at radius 2 is 1.67 bits per heavy atom. The first-order chi connectivity index (χ1) is 10.3. The average molecular weight is 286 g/mol. The van der Waals surface area contributed by atoms with Gasteiger partial charge in [0.05, 0.1) is 13.7 Å². The summed E-state index contributed by atoms with van der Waals surface area (Å²) in [6.07, 6.45) is 0.958. The predicted octanol–water partition coefficient (Wildman–Crippen LogP) is 4.05. The van der Waals surface area contributed by atoms with Crippen LogP contribution < -0.4 is 4.74 Å². The van der Waals surface area contributed by atoms with Gasteiger partial charge < -0.3 is 14.2 Å². The Hall–Kier alpha value is -1.84. The number of rotatable bonds is 7. The zero-order valence-electron chi connectivity index (χ0n) is 12.9. The Bertz CT molecular complexity index is 556. The highest BCUT2D eigenvalue weighted by molar-refractivity contribution is 5.76. The van der Waals surface area contributed by atoms with Crippen molar-refractivity contribution in [1.82, 2.24) is 0 Å². The molecule has 0 aromatic heterocycles. The van der Waals surface area contributed by atoms with Crippen molar-refractivity contribution in [1.29, 1.82) is 0 Å². The Kier molecular flexibility index (Phi) is 5.78. The second-order valence-corrected chi connectivity index (χ2v) is 4.76. The maximum absolute atomic E-state index is 5.56. The summed E-state index contributed by atoms with van der Waals surface area (Å²) in [6, 6.07) is 14.4. The van der Waals surface area contributed by atoms with Gasteiger partial charge in [-0.1, -0.05) is 43.3 Å². The van der Waals surface area contributed by atoms with Gasteiger partial charge in [-0.25, -0.2) is 0 Å². The van der Waals surface area contributed by atoms with Crippen molar-refractivity contribution in [3.05, 3.63) is 53.6 Å². The number of hydrogen-bond acceptors (Lipinski definition) is 3. The molecule has 0 amide bonds. The van der Waals surface area contributed by atoms with Crippen LogP contribution in [-0.4, -0.2) is 21.0 Å². The second-order valence-electron chi connectivity index (χ2n) is 4.76. The lowest BCUT2D eigenvalue weighted by Gasteiger charge is -2.16. The third kappa shape index (κ3) is 3.63. The lowest BCUT2D eigenvalue weighted by molar-refractivity contribution is -0.0389. The zero-order chi connectivity index (χ0) is 15.1. The number of aryl methyl sites for hydroxylation is 1. The quantitative estimate of drug-likeness (QED) is 0.568. The second kappa shape index (κ2) is 7.81. The van der Waals surface area contributed by atoms with Crippen LogP contribution >= 0.6 is 0 Å². The highest BCUT2D eigenvalue weighted by Crippen LogP contribution is 2.36. The lowest BCUT2D eigenvalue weighted by Crippen LogP contribution is -2.01. The molecular weight excluding hydrogens is 264 g/mol. The topological polar surface area (TPSA) is 27.7 Å². The van der Waals surface area contributed by atoms with Gasteiger partial charge in [0.25, 0.3) is 0 Å². The Morgan fingerprint density at radius 1 is 0.905 bits per heavy atom. The molecule has 0 aliphatic heterocycles. The van der Waals surface area contributed by atoms with Crippen molar-refractivity contribution < 1.29 is 14.2 Å². The van der Waals surface area contributed by atoms with Crippen LogP contribution in [0.25, 0.3) is 11.1 Å². The highest BCUT2D eigenvalue weighted by atomic mass is 16.7. The van der Waals surface area contributed by atoms with E-state index >= 15 is 0 Å². The summed E-state index contributed by atoms with van der Waals surface area (Å²) in [5, 5.41) is 0. The van der Waals surface area contributed by atoms with E-state index in [1.54, 1.807) is 14.2 Å². The van der Waals surface area contributed by atoms with E-state index in [4.69, 9.17) is 14.2 Å². The first-order valence-corrected chi connectivity index (χ1v) is 7.12.